The zero-order chi connectivity index (χ0) is 18.3. The summed E-state index contributed by atoms with van der Waals surface area (Å²) in [6.45, 7) is 3.39. The minimum atomic E-state index is -0.925. The molecule has 0 unspecified atom stereocenters. The normalized spacial score (nSPS) is 9.50. The van der Waals surface area contributed by atoms with Gasteiger partial charge in [-0.15, -0.1) is 0 Å². The average Bonchev–Trinajstić information content (AvgIpc) is 2.57. The highest BCUT2D eigenvalue weighted by Crippen LogP contribution is 2.20. The third-order valence-electron chi connectivity index (χ3n) is 3.44. The van der Waals surface area contributed by atoms with Crippen LogP contribution in [0.4, 0.5) is 0 Å². The van der Waals surface area contributed by atoms with Crippen molar-refractivity contribution in [1.82, 2.24) is 0 Å². The lowest BCUT2D eigenvalue weighted by Gasteiger charge is -2.05. The van der Waals surface area contributed by atoms with Gasteiger partial charge in [0.1, 0.15) is 11.5 Å². The molecule has 0 aliphatic heterocycles. The fraction of sp³-hybridized carbons (Fsp3) is 0.222. The summed E-state index contributed by atoms with van der Waals surface area (Å²) in [6, 6.07) is 9.70. The van der Waals surface area contributed by atoms with E-state index in [4.69, 9.17) is 9.84 Å². The van der Waals surface area contributed by atoms with E-state index in [0.717, 1.165) is 0 Å². The van der Waals surface area contributed by atoms with Gasteiger partial charge in [-0.25, -0.2) is 9.59 Å². The SMILES string of the molecule is COC(=O)c1cccc(O)c1C.COc1cccc(C(=O)O)c1C. The molecule has 0 saturated carbocycles. The summed E-state index contributed by atoms with van der Waals surface area (Å²) in [6.07, 6.45) is 0. The summed E-state index contributed by atoms with van der Waals surface area (Å²) in [7, 11) is 2.83. The van der Waals surface area contributed by atoms with Gasteiger partial charge in [0.2, 0.25) is 0 Å². The minimum Gasteiger partial charge on any atom is -0.508 e. The van der Waals surface area contributed by atoms with Crippen molar-refractivity contribution >= 4 is 11.9 Å². The number of phenols is 1. The van der Waals surface area contributed by atoms with E-state index in [-0.39, 0.29) is 11.3 Å². The van der Waals surface area contributed by atoms with E-state index in [0.29, 0.717) is 22.4 Å². The first-order valence-corrected chi connectivity index (χ1v) is 7.07. The molecule has 0 saturated heterocycles. The van der Waals surface area contributed by atoms with E-state index < -0.39 is 11.9 Å². The lowest BCUT2D eigenvalue weighted by Crippen LogP contribution is -2.03. The van der Waals surface area contributed by atoms with Crippen molar-refractivity contribution in [1.29, 1.82) is 0 Å². The van der Waals surface area contributed by atoms with Gasteiger partial charge in [-0.05, 0) is 38.1 Å². The van der Waals surface area contributed by atoms with Crippen molar-refractivity contribution in [2.75, 3.05) is 14.2 Å². The Kier molecular flexibility index (Phi) is 6.79. The van der Waals surface area contributed by atoms with Crippen LogP contribution in [0.5, 0.6) is 11.5 Å². The van der Waals surface area contributed by atoms with Crippen LogP contribution in [0.2, 0.25) is 0 Å². The van der Waals surface area contributed by atoms with E-state index in [1.54, 1.807) is 44.2 Å². The molecule has 128 valence electrons. The lowest BCUT2D eigenvalue weighted by molar-refractivity contribution is 0.0598. The largest absolute Gasteiger partial charge is 0.508 e. The second-order valence-corrected chi connectivity index (χ2v) is 4.88. The first-order chi connectivity index (χ1) is 11.3. The van der Waals surface area contributed by atoms with Gasteiger partial charge in [0, 0.05) is 11.1 Å². The number of rotatable bonds is 3. The van der Waals surface area contributed by atoms with Crippen LogP contribution in [-0.2, 0) is 4.74 Å². The monoisotopic (exact) mass is 332 g/mol. The molecule has 0 radical (unpaired) electrons. The summed E-state index contributed by atoms with van der Waals surface area (Å²) < 4.78 is 9.49. The molecule has 2 aromatic rings. The topological polar surface area (TPSA) is 93.1 Å². The van der Waals surface area contributed by atoms with Crippen LogP contribution in [0, 0.1) is 13.8 Å². The number of aromatic hydroxyl groups is 1. The minimum absolute atomic E-state index is 0.109. The van der Waals surface area contributed by atoms with Crippen molar-refractivity contribution in [3.05, 3.63) is 58.7 Å². The lowest BCUT2D eigenvalue weighted by atomic mass is 10.1. The predicted octanol–water partition coefficient (Wildman–Crippen LogP) is 3.19. The fourth-order valence-electron chi connectivity index (χ4n) is 2.02. The van der Waals surface area contributed by atoms with Crippen LogP contribution >= 0.6 is 0 Å². The maximum atomic E-state index is 11.1. The summed E-state index contributed by atoms with van der Waals surface area (Å²) >= 11 is 0. The molecule has 0 bridgehead atoms. The third-order valence-corrected chi connectivity index (χ3v) is 3.44. The van der Waals surface area contributed by atoms with Gasteiger partial charge >= 0.3 is 11.9 Å². The highest BCUT2D eigenvalue weighted by Gasteiger charge is 2.10. The Hall–Kier alpha value is -3.02. The van der Waals surface area contributed by atoms with Crippen LogP contribution in [0.15, 0.2) is 36.4 Å². The van der Waals surface area contributed by atoms with E-state index in [2.05, 4.69) is 4.74 Å². The number of aromatic carboxylic acids is 1. The van der Waals surface area contributed by atoms with Crippen LogP contribution in [0.25, 0.3) is 0 Å². The molecule has 2 rings (SSSR count). The molecule has 0 aromatic heterocycles. The summed E-state index contributed by atoms with van der Waals surface area (Å²) in [5.41, 5.74) is 1.89. The van der Waals surface area contributed by atoms with Gasteiger partial charge in [-0.2, -0.15) is 0 Å². The molecule has 0 atom stereocenters. The Balaban J connectivity index is 0.000000240. The molecule has 2 aromatic carbocycles. The van der Waals surface area contributed by atoms with Gasteiger partial charge in [-0.1, -0.05) is 12.1 Å². The molecule has 0 amide bonds. The standard InChI is InChI=1S/2C9H10O3/c1-6-7(9(10)11)4-3-5-8(6)12-2;1-6-7(9(11)12-2)4-3-5-8(6)10/h3-5H,1-2H3,(H,10,11);3-5,10H,1-2H3. The number of carboxylic acid groups (broad SMARTS) is 1. The maximum Gasteiger partial charge on any atom is 0.338 e. The number of carbonyl (C=O) groups is 2. The van der Waals surface area contributed by atoms with E-state index in [1.165, 1.54) is 20.3 Å². The van der Waals surface area contributed by atoms with Crippen LogP contribution < -0.4 is 4.74 Å². The molecule has 0 spiro atoms. The van der Waals surface area contributed by atoms with Gasteiger partial charge in [0.05, 0.1) is 25.3 Å². The molecule has 6 heteroatoms. The second-order valence-electron chi connectivity index (χ2n) is 4.88. The Morgan fingerprint density at radius 2 is 1.50 bits per heavy atom. The highest BCUT2D eigenvalue weighted by atomic mass is 16.5. The van der Waals surface area contributed by atoms with E-state index in [1.807, 2.05) is 0 Å². The smallest absolute Gasteiger partial charge is 0.338 e. The van der Waals surface area contributed by atoms with Crippen LogP contribution in [-0.4, -0.2) is 36.4 Å². The second kappa shape index (κ2) is 8.57. The van der Waals surface area contributed by atoms with E-state index in [9.17, 15) is 14.7 Å². The van der Waals surface area contributed by atoms with Crippen LogP contribution in [0.1, 0.15) is 31.8 Å². The van der Waals surface area contributed by atoms with Crippen molar-refractivity contribution in [2.24, 2.45) is 0 Å². The van der Waals surface area contributed by atoms with Crippen LogP contribution in [0.3, 0.4) is 0 Å². The first-order valence-electron chi connectivity index (χ1n) is 7.07. The molecule has 24 heavy (non-hydrogen) atoms. The third kappa shape index (κ3) is 4.49. The number of carbonyl (C=O) groups excluding carboxylic acids is 1. The van der Waals surface area contributed by atoms with Gasteiger partial charge < -0.3 is 19.7 Å². The molecular formula is C18H20O6. The number of hydrogen-bond acceptors (Lipinski definition) is 5. The Bertz CT molecular complexity index is 736. The first kappa shape index (κ1) is 19.0. The number of carboxylic acids is 1. The van der Waals surface area contributed by atoms with Gasteiger partial charge in [-0.3, -0.25) is 0 Å². The summed E-state index contributed by atoms with van der Waals surface area (Å²) in [5, 5.41) is 18.0. The molecule has 0 aliphatic rings. The van der Waals surface area contributed by atoms with E-state index >= 15 is 0 Å². The Morgan fingerprint density at radius 1 is 0.917 bits per heavy atom. The zero-order valence-electron chi connectivity index (χ0n) is 14.0. The molecule has 2 N–H and O–H groups in total. The molecule has 0 fully saturated rings. The van der Waals surface area contributed by atoms with Gasteiger partial charge in [0.15, 0.2) is 0 Å². The molecule has 0 aliphatic carbocycles. The summed E-state index contributed by atoms with van der Waals surface area (Å²) in [5.74, 6) is -0.636. The quantitative estimate of drug-likeness (QED) is 0.839. The van der Waals surface area contributed by atoms with Crippen molar-refractivity contribution in [3.63, 3.8) is 0 Å². The molecule has 0 heterocycles. The van der Waals surface area contributed by atoms with Gasteiger partial charge in [0.25, 0.3) is 0 Å². The van der Waals surface area contributed by atoms with Crippen molar-refractivity contribution < 1.29 is 29.3 Å². The predicted molar refractivity (Wildman–Crippen MR) is 88.9 cm³/mol. The Labute approximate surface area is 140 Å². The molecule has 6 nitrogen and oxygen atoms in total. The molecular weight excluding hydrogens is 312 g/mol. The number of ether oxygens (including phenoxy) is 2. The highest BCUT2D eigenvalue weighted by molar-refractivity contribution is 5.91. The fourth-order valence-corrected chi connectivity index (χ4v) is 2.02. The average molecular weight is 332 g/mol. The number of hydrogen-bond donors (Lipinski definition) is 2. The maximum absolute atomic E-state index is 11.1. The Morgan fingerprint density at radius 3 is 2.04 bits per heavy atom. The van der Waals surface area contributed by atoms with Crippen molar-refractivity contribution in [2.45, 2.75) is 13.8 Å². The zero-order valence-corrected chi connectivity index (χ0v) is 14.0. The summed E-state index contributed by atoms with van der Waals surface area (Å²) in [4.78, 5) is 21.7. The number of esters is 1. The van der Waals surface area contributed by atoms with Crippen molar-refractivity contribution in [3.8, 4) is 11.5 Å². The number of phenolic OH excluding ortho intramolecular Hbond substituents is 1. The number of methoxy groups -OCH3 is 2. The number of benzene rings is 2.